The van der Waals surface area contributed by atoms with Crippen molar-refractivity contribution < 1.29 is 47.6 Å². The number of aliphatic hydroxyl groups excluding tert-OH is 1. The molecule has 0 aliphatic carbocycles. The Morgan fingerprint density at radius 2 is 1.04 bits per heavy atom. The van der Waals surface area contributed by atoms with E-state index in [0.29, 0.717) is 12.8 Å². The van der Waals surface area contributed by atoms with Crippen molar-refractivity contribution in [2.24, 2.45) is 0 Å². The molecule has 0 aromatic heterocycles. The van der Waals surface area contributed by atoms with Gasteiger partial charge in [-0.2, -0.15) is 0 Å². The van der Waals surface area contributed by atoms with Gasteiger partial charge in [0.05, 0.1) is 16.2 Å². The van der Waals surface area contributed by atoms with Crippen LogP contribution in [-0.4, -0.2) is 29.4 Å². The van der Waals surface area contributed by atoms with Crippen LogP contribution in [0.25, 0.3) is 0 Å². The first-order valence-electron chi connectivity index (χ1n) is 10.5. The normalized spacial score (nSPS) is 14.0. The smallest absolute Gasteiger partial charge is 0.748 e. The molecule has 2 unspecified atom stereocenters. The van der Waals surface area contributed by atoms with Crippen molar-refractivity contribution in [3.8, 4) is 0 Å². The SMILES string of the molecule is CCC(O)CCCCCCCCCCCCCCC(CC)S(=O)(=O)[O-].[Na+]. The van der Waals surface area contributed by atoms with E-state index in [2.05, 4.69) is 0 Å². The molecule has 0 saturated heterocycles. The Morgan fingerprint density at radius 3 is 1.35 bits per heavy atom. The Morgan fingerprint density at radius 1 is 0.692 bits per heavy atom. The van der Waals surface area contributed by atoms with Crippen LogP contribution in [0.1, 0.15) is 117 Å². The molecule has 4 nitrogen and oxygen atoms in total. The third kappa shape index (κ3) is 18.2. The number of aliphatic hydroxyl groups is 1. The Kier molecular flexibility index (Phi) is 21.5. The van der Waals surface area contributed by atoms with Crippen LogP contribution in [0.5, 0.6) is 0 Å². The van der Waals surface area contributed by atoms with Crippen molar-refractivity contribution in [2.75, 3.05) is 0 Å². The summed E-state index contributed by atoms with van der Waals surface area (Å²) in [6.45, 7) is 3.80. The Balaban J connectivity index is 0. The molecule has 26 heavy (non-hydrogen) atoms. The molecule has 0 amide bonds. The van der Waals surface area contributed by atoms with E-state index >= 15 is 0 Å². The number of unbranched alkanes of at least 4 members (excludes halogenated alkanes) is 11. The molecular formula is C20H41NaO4S. The van der Waals surface area contributed by atoms with Crippen molar-refractivity contribution in [3.63, 3.8) is 0 Å². The molecule has 0 fully saturated rings. The topological polar surface area (TPSA) is 77.4 Å². The van der Waals surface area contributed by atoms with Crippen LogP contribution >= 0.6 is 0 Å². The molecular weight excluding hydrogens is 359 g/mol. The van der Waals surface area contributed by atoms with E-state index in [1.165, 1.54) is 51.4 Å². The zero-order valence-corrected chi connectivity index (χ0v) is 20.4. The summed E-state index contributed by atoms with van der Waals surface area (Å²) in [6, 6.07) is 0. The molecule has 0 saturated carbocycles. The number of hydrogen-bond donors (Lipinski definition) is 1. The van der Waals surface area contributed by atoms with E-state index in [9.17, 15) is 18.1 Å². The molecule has 0 heterocycles. The van der Waals surface area contributed by atoms with E-state index in [0.717, 1.165) is 38.5 Å². The summed E-state index contributed by atoms with van der Waals surface area (Å²) >= 11 is 0. The Hall–Kier alpha value is 0.870. The summed E-state index contributed by atoms with van der Waals surface area (Å²) in [5.41, 5.74) is 0. The van der Waals surface area contributed by atoms with Crippen LogP contribution in [0.2, 0.25) is 0 Å². The van der Waals surface area contributed by atoms with Gasteiger partial charge < -0.3 is 9.66 Å². The number of rotatable bonds is 18. The maximum atomic E-state index is 11.0. The van der Waals surface area contributed by atoms with Gasteiger partial charge in [-0.1, -0.05) is 90.9 Å². The van der Waals surface area contributed by atoms with E-state index < -0.39 is 15.4 Å². The van der Waals surface area contributed by atoms with Gasteiger partial charge in [-0.15, -0.1) is 0 Å². The maximum absolute atomic E-state index is 11.0. The number of hydrogen-bond acceptors (Lipinski definition) is 4. The van der Waals surface area contributed by atoms with Crippen molar-refractivity contribution >= 4 is 10.1 Å². The monoisotopic (exact) mass is 400 g/mol. The first kappa shape index (κ1) is 29.1. The van der Waals surface area contributed by atoms with Gasteiger partial charge >= 0.3 is 29.6 Å². The summed E-state index contributed by atoms with van der Waals surface area (Å²) in [5, 5.41) is 8.79. The fraction of sp³-hybridized carbons (Fsp3) is 1.00. The van der Waals surface area contributed by atoms with Crippen molar-refractivity contribution in [3.05, 3.63) is 0 Å². The van der Waals surface area contributed by atoms with Crippen molar-refractivity contribution in [1.29, 1.82) is 0 Å². The van der Waals surface area contributed by atoms with Crippen LogP contribution in [0.4, 0.5) is 0 Å². The minimum atomic E-state index is -4.10. The fourth-order valence-corrected chi connectivity index (χ4v) is 4.14. The van der Waals surface area contributed by atoms with Crippen LogP contribution in [0, 0.1) is 0 Å². The van der Waals surface area contributed by atoms with Crippen LogP contribution < -0.4 is 29.6 Å². The first-order chi connectivity index (χ1) is 11.9. The molecule has 0 aromatic carbocycles. The zero-order valence-electron chi connectivity index (χ0n) is 17.5. The van der Waals surface area contributed by atoms with E-state index in [1.54, 1.807) is 6.92 Å². The second kappa shape index (κ2) is 19.2. The Bertz CT molecular complexity index is 387. The summed E-state index contributed by atoms with van der Waals surface area (Å²) in [4.78, 5) is 0. The molecule has 0 radical (unpaired) electrons. The van der Waals surface area contributed by atoms with E-state index in [1.807, 2.05) is 6.92 Å². The predicted octanol–water partition coefficient (Wildman–Crippen LogP) is 2.55. The van der Waals surface area contributed by atoms with Gasteiger partial charge in [0.15, 0.2) is 0 Å². The molecule has 152 valence electrons. The minimum absolute atomic E-state index is 0. The summed E-state index contributed by atoms with van der Waals surface area (Å²) in [5.74, 6) is 0. The van der Waals surface area contributed by atoms with Crippen LogP contribution in [-0.2, 0) is 10.1 Å². The quantitative estimate of drug-likeness (QED) is 0.218. The molecule has 1 N–H and O–H groups in total. The first-order valence-corrected chi connectivity index (χ1v) is 12.0. The third-order valence-electron chi connectivity index (χ3n) is 5.15. The van der Waals surface area contributed by atoms with E-state index in [-0.39, 0.29) is 35.7 Å². The van der Waals surface area contributed by atoms with Gasteiger partial charge in [0.1, 0.15) is 0 Å². The maximum Gasteiger partial charge on any atom is 1.00 e. The Labute approximate surface area is 185 Å². The van der Waals surface area contributed by atoms with Crippen LogP contribution in [0.15, 0.2) is 0 Å². The molecule has 0 spiro atoms. The molecule has 6 heteroatoms. The van der Waals surface area contributed by atoms with Gasteiger partial charge in [-0.25, -0.2) is 8.42 Å². The van der Waals surface area contributed by atoms with Gasteiger partial charge in [0, 0.05) is 5.25 Å². The standard InChI is InChI=1S/C20H42O4S.Na/c1-3-19(21)17-15-13-11-9-7-5-6-8-10-12-14-16-18-20(4-2)25(22,23)24;/h19-21H,3-18H2,1-2H3,(H,22,23,24);/q;+1/p-1. The van der Waals surface area contributed by atoms with Crippen molar-refractivity contribution in [1.82, 2.24) is 0 Å². The zero-order chi connectivity index (χ0) is 19.0. The van der Waals surface area contributed by atoms with Gasteiger partial charge in [0.2, 0.25) is 0 Å². The largest absolute Gasteiger partial charge is 1.00 e. The average molecular weight is 401 g/mol. The molecule has 0 aliphatic heterocycles. The van der Waals surface area contributed by atoms with Crippen LogP contribution in [0.3, 0.4) is 0 Å². The third-order valence-corrected chi connectivity index (χ3v) is 6.53. The second-order valence-electron chi connectivity index (χ2n) is 7.41. The van der Waals surface area contributed by atoms with Gasteiger partial charge in [-0.3, -0.25) is 0 Å². The van der Waals surface area contributed by atoms with Gasteiger partial charge in [0.25, 0.3) is 0 Å². The predicted molar refractivity (Wildman–Crippen MR) is 105 cm³/mol. The van der Waals surface area contributed by atoms with E-state index in [4.69, 9.17) is 0 Å². The fourth-order valence-electron chi connectivity index (χ4n) is 3.28. The van der Waals surface area contributed by atoms with Crippen molar-refractivity contribution in [2.45, 2.75) is 128 Å². The molecule has 2 atom stereocenters. The summed E-state index contributed by atoms with van der Waals surface area (Å²) in [7, 11) is -4.10. The second-order valence-corrected chi connectivity index (χ2v) is 9.06. The van der Waals surface area contributed by atoms with Gasteiger partial charge in [-0.05, 0) is 25.7 Å². The average Bonchev–Trinajstić information content (AvgIpc) is 2.56. The molecule has 0 bridgehead atoms. The molecule has 0 rings (SSSR count). The minimum Gasteiger partial charge on any atom is -0.748 e. The molecule has 0 aliphatic rings. The summed E-state index contributed by atoms with van der Waals surface area (Å²) < 4.78 is 33.0. The summed E-state index contributed by atoms with van der Waals surface area (Å²) in [6.07, 6.45) is 17.1. The molecule has 0 aromatic rings.